The molecule has 4 rings (SSSR count). The summed E-state index contributed by atoms with van der Waals surface area (Å²) in [6.45, 7) is 2.74. The summed E-state index contributed by atoms with van der Waals surface area (Å²) in [5.41, 5.74) is 4.05. The number of amides is 1. The normalized spacial score (nSPS) is 17.5. The number of benzene rings is 1. The maximum atomic E-state index is 13.7. The van der Waals surface area contributed by atoms with Crippen LogP contribution in [0.3, 0.4) is 0 Å². The Hall–Kier alpha value is -2.77. The molecule has 0 aliphatic carbocycles. The Morgan fingerprint density at radius 3 is 2.93 bits per heavy atom. The van der Waals surface area contributed by atoms with Gasteiger partial charge in [0, 0.05) is 49.1 Å². The fraction of sp³-hybridized carbons (Fsp3) is 0.333. The van der Waals surface area contributed by atoms with Crippen molar-refractivity contribution in [2.45, 2.75) is 13.0 Å². The lowest BCUT2D eigenvalue weighted by Gasteiger charge is -2.15. The van der Waals surface area contributed by atoms with Gasteiger partial charge in [0.05, 0.1) is 17.9 Å². The molecule has 0 unspecified atom stereocenters. The Morgan fingerprint density at radius 1 is 1.25 bits per heavy atom. The van der Waals surface area contributed by atoms with E-state index in [1.807, 2.05) is 19.2 Å². The van der Waals surface area contributed by atoms with Gasteiger partial charge >= 0.3 is 0 Å². The number of fused-ring (bicyclic) bond motifs is 2. The number of methoxy groups -OCH3 is 1. The monoisotopic (exact) mass is 383 g/mol. The zero-order valence-electron chi connectivity index (χ0n) is 15.9. The Bertz CT molecular complexity index is 958. The number of carbonyl (C=O) groups is 1. The van der Waals surface area contributed by atoms with Crippen LogP contribution in [0.4, 0.5) is 10.1 Å². The van der Waals surface area contributed by atoms with E-state index in [1.165, 1.54) is 12.1 Å². The van der Waals surface area contributed by atoms with E-state index in [-0.39, 0.29) is 5.91 Å². The van der Waals surface area contributed by atoms with Crippen LogP contribution >= 0.6 is 0 Å². The van der Waals surface area contributed by atoms with Gasteiger partial charge in [-0.3, -0.25) is 9.78 Å². The van der Waals surface area contributed by atoms with E-state index in [2.05, 4.69) is 10.2 Å². The van der Waals surface area contributed by atoms with Gasteiger partial charge in [-0.2, -0.15) is 0 Å². The molecule has 1 aromatic carbocycles. The largest absolute Gasteiger partial charge is 0.486 e. The summed E-state index contributed by atoms with van der Waals surface area (Å²) in [6.07, 6.45) is 0.813. The van der Waals surface area contributed by atoms with Gasteiger partial charge in [-0.1, -0.05) is 0 Å². The van der Waals surface area contributed by atoms with Crippen molar-refractivity contribution in [1.29, 1.82) is 0 Å². The predicted molar refractivity (Wildman–Crippen MR) is 104 cm³/mol. The lowest BCUT2D eigenvalue weighted by Crippen LogP contribution is -2.25. The fourth-order valence-corrected chi connectivity index (χ4v) is 3.46. The van der Waals surface area contributed by atoms with E-state index < -0.39 is 5.82 Å². The number of likely N-dealkylation sites (N-methyl/N-ethyl adjacent to an activating group) is 1. The smallest absolute Gasteiger partial charge is 0.260 e. The first-order valence-corrected chi connectivity index (χ1v) is 9.22. The van der Waals surface area contributed by atoms with Crippen molar-refractivity contribution in [3.05, 3.63) is 58.7 Å². The molecule has 0 saturated carbocycles. The molecule has 0 saturated heterocycles. The van der Waals surface area contributed by atoms with Crippen LogP contribution in [-0.2, 0) is 27.3 Å². The molecule has 0 fully saturated rings. The van der Waals surface area contributed by atoms with Crippen LogP contribution in [0.1, 0.15) is 22.5 Å². The third-order valence-electron chi connectivity index (χ3n) is 5.01. The first-order chi connectivity index (χ1) is 13.6. The second-order valence-corrected chi connectivity index (χ2v) is 6.98. The second kappa shape index (κ2) is 7.69. The molecule has 1 N–H and O–H groups in total. The van der Waals surface area contributed by atoms with Crippen LogP contribution in [0.2, 0.25) is 0 Å². The van der Waals surface area contributed by atoms with Gasteiger partial charge in [0.1, 0.15) is 18.2 Å². The van der Waals surface area contributed by atoms with Crippen molar-refractivity contribution in [3.8, 4) is 0 Å². The van der Waals surface area contributed by atoms with Crippen LogP contribution in [0, 0.1) is 5.82 Å². The maximum absolute atomic E-state index is 13.7. The van der Waals surface area contributed by atoms with Crippen LogP contribution < -0.4 is 5.32 Å². The lowest BCUT2D eigenvalue weighted by molar-refractivity contribution is -0.110. The van der Waals surface area contributed by atoms with Crippen molar-refractivity contribution in [2.24, 2.45) is 0 Å². The van der Waals surface area contributed by atoms with E-state index >= 15 is 0 Å². The summed E-state index contributed by atoms with van der Waals surface area (Å²) in [7, 11) is 3.74. The highest BCUT2D eigenvalue weighted by molar-refractivity contribution is 6.36. The SMILES string of the molecule is COCCN(C)CCc1ccc2c(n1)CO/C2=C1/C(=O)Nc2ccc(F)cc21. The molecule has 28 heavy (non-hydrogen) atoms. The topological polar surface area (TPSA) is 63.7 Å². The second-order valence-electron chi connectivity index (χ2n) is 6.98. The minimum atomic E-state index is -0.391. The number of carbonyl (C=O) groups excluding carboxylic acids is 1. The van der Waals surface area contributed by atoms with Crippen molar-refractivity contribution in [2.75, 3.05) is 39.2 Å². The highest BCUT2D eigenvalue weighted by Crippen LogP contribution is 2.41. The molecular formula is C21H22FN3O3. The molecule has 2 aliphatic heterocycles. The molecule has 0 atom stereocenters. The van der Waals surface area contributed by atoms with Crippen molar-refractivity contribution < 1.29 is 18.7 Å². The molecule has 2 aromatic rings. The molecule has 6 nitrogen and oxygen atoms in total. The summed E-state index contributed by atoms with van der Waals surface area (Å²) in [5, 5.41) is 2.76. The van der Waals surface area contributed by atoms with Gasteiger partial charge < -0.3 is 19.7 Å². The molecule has 0 spiro atoms. The molecule has 146 valence electrons. The average molecular weight is 383 g/mol. The molecule has 1 amide bonds. The number of nitrogens with one attached hydrogen (secondary N) is 1. The molecule has 0 radical (unpaired) electrons. The standard InChI is InChI=1S/C21H22FN3O3/c1-25(9-10-27-2)8-7-14-4-5-15-18(23-14)12-28-20(15)19-16-11-13(22)3-6-17(16)24-21(19)26/h3-6,11H,7-10,12H2,1-2H3,(H,24,26)/b20-19+. The number of rotatable bonds is 6. The Balaban J connectivity index is 1.59. The van der Waals surface area contributed by atoms with Crippen LogP contribution in [0.5, 0.6) is 0 Å². The number of hydrogen-bond donors (Lipinski definition) is 1. The number of halogens is 1. The Morgan fingerprint density at radius 2 is 2.11 bits per heavy atom. The van der Waals surface area contributed by atoms with Crippen molar-refractivity contribution in [1.82, 2.24) is 9.88 Å². The summed E-state index contributed by atoms with van der Waals surface area (Å²) < 4.78 is 24.6. The first kappa shape index (κ1) is 18.6. The minimum absolute atomic E-state index is 0.285. The van der Waals surface area contributed by atoms with Gasteiger partial charge in [-0.25, -0.2) is 4.39 Å². The number of aromatic nitrogens is 1. The molecular weight excluding hydrogens is 361 g/mol. The number of pyridine rings is 1. The van der Waals surface area contributed by atoms with Gasteiger partial charge in [0.25, 0.3) is 5.91 Å². The van der Waals surface area contributed by atoms with Gasteiger partial charge in [0.2, 0.25) is 0 Å². The van der Waals surface area contributed by atoms with E-state index in [0.717, 1.165) is 36.5 Å². The summed E-state index contributed by atoms with van der Waals surface area (Å²) in [5.74, 6) is -0.210. The predicted octanol–water partition coefficient (Wildman–Crippen LogP) is 2.69. The summed E-state index contributed by atoms with van der Waals surface area (Å²) in [6, 6.07) is 8.14. The van der Waals surface area contributed by atoms with Gasteiger partial charge in [-0.15, -0.1) is 0 Å². The number of nitrogens with zero attached hydrogens (tertiary/aromatic N) is 2. The van der Waals surface area contributed by atoms with Crippen LogP contribution in [0.15, 0.2) is 30.3 Å². The molecule has 3 heterocycles. The quantitative estimate of drug-likeness (QED) is 0.777. The number of ether oxygens (including phenoxy) is 2. The van der Waals surface area contributed by atoms with Crippen molar-refractivity contribution >= 4 is 22.9 Å². The maximum Gasteiger partial charge on any atom is 0.260 e. The van der Waals surface area contributed by atoms with E-state index in [4.69, 9.17) is 14.5 Å². The van der Waals surface area contributed by atoms with Crippen LogP contribution in [-0.4, -0.2) is 49.6 Å². The van der Waals surface area contributed by atoms with Crippen molar-refractivity contribution in [3.63, 3.8) is 0 Å². The Labute approximate surface area is 163 Å². The summed E-state index contributed by atoms with van der Waals surface area (Å²) >= 11 is 0. The zero-order chi connectivity index (χ0) is 19.7. The first-order valence-electron chi connectivity index (χ1n) is 9.22. The van der Waals surface area contributed by atoms with Gasteiger partial charge in [0.15, 0.2) is 0 Å². The Kier molecular flexibility index (Phi) is 5.11. The van der Waals surface area contributed by atoms with E-state index in [0.29, 0.717) is 35.8 Å². The highest BCUT2D eigenvalue weighted by Gasteiger charge is 2.33. The van der Waals surface area contributed by atoms with E-state index in [9.17, 15) is 9.18 Å². The summed E-state index contributed by atoms with van der Waals surface area (Å²) in [4.78, 5) is 19.4. The molecule has 7 heteroatoms. The lowest BCUT2D eigenvalue weighted by atomic mass is 10.0. The fourth-order valence-electron chi connectivity index (χ4n) is 3.46. The number of hydrogen-bond acceptors (Lipinski definition) is 5. The molecule has 0 bridgehead atoms. The zero-order valence-corrected chi connectivity index (χ0v) is 15.9. The molecule has 2 aliphatic rings. The van der Waals surface area contributed by atoms with E-state index in [1.54, 1.807) is 13.2 Å². The highest BCUT2D eigenvalue weighted by atomic mass is 19.1. The third-order valence-corrected chi connectivity index (χ3v) is 5.01. The number of anilines is 1. The van der Waals surface area contributed by atoms with Gasteiger partial charge in [-0.05, 0) is 37.4 Å². The molecule has 1 aromatic heterocycles. The third kappa shape index (κ3) is 3.50. The minimum Gasteiger partial charge on any atom is -0.486 e. The average Bonchev–Trinajstić information content (AvgIpc) is 3.23. The van der Waals surface area contributed by atoms with Crippen LogP contribution in [0.25, 0.3) is 11.3 Å².